The van der Waals surface area contributed by atoms with Crippen molar-refractivity contribution in [2.24, 2.45) is 11.8 Å². The van der Waals surface area contributed by atoms with Crippen molar-refractivity contribution in [1.82, 2.24) is 14.9 Å². The molecular formula is C14H19BrN4. The molecule has 1 aromatic rings. The summed E-state index contributed by atoms with van der Waals surface area (Å²) in [5.41, 5.74) is 0. The van der Waals surface area contributed by atoms with Gasteiger partial charge in [0.2, 0.25) is 0 Å². The standard InChI is InChI=1S/C14H19BrN4/c15-12-5-16-9-17-14(12)19-7-10-6-18-4-2-1-3-13(18)11(10)8-19/h5,9-11,13H,1-4,6-8H2/t10-,11-,13-/m0/s1. The minimum Gasteiger partial charge on any atom is -0.355 e. The Morgan fingerprint density at radius 3 is 3.05 bits per heavy atom. The summed E-state index contributed by atoms with van der Waals surface area (Å²) in [7, 11) is 0. The highest BCUT2D eigenvalue weighted by molar-refractivity contribution is 9.10. The number of rotatable bonds is 1. The van der Waals surface area contributed by atoms with Crippen molar-refractivity contribution in [1.29, 1.82) is 0 Å². The van der Waals surface area contributed by atoms with Crippen LogP contribution in [0.5, 0.6) is 0 Å². The second kappa shape index (κ2) is 4.70. The van der Waals surface area contributed by atoms with Crippen LogP contribution in [-0.2, 0) is 0 Å². The first-order valence-corrected chi connectivity index (χ1v) is 8.07. The molecule has 3 saturated heterocycles. The van der Waals surface area contributed by atoms with E-state index < -0.39 is 0 Å². The largest absolute Gasteiger partial charge is 0.355 e. The van der Waals surface area contributed by atoms with Crippen molar-refractivity contribution in [3.8, 4) is 0 Å². The van der Waals surface area contributed by atoms with E-state index in [0.29, 0.717) is 0 Å². The van der Waals surface area contributed by atoms with Gasteiger partial charge in [-0.05, 0) is 47.2 Å². The van der Waals surface area contributed by atoms with Crippen LogP contribution in [0.25, 0.3) is 0 Å². The fourth-order valence-electron chi connectivity index (χ4n) is 4.27. The molecule has 5 heteroatoms. The zero-order chi connectivity index (χ0) is 12.8. The second-order valence-corrected chi connectivity index (χ2v) is 6.94. The molecule has 4 rings (SSSR count). The molecule has 19 heavy (non-hydrogen) atoms. The lowest BCUT2D eigenvalue weighted by molar-refractivity contribution is 0.173. The van der Waals surface area contributed by atoms with E-state index in [9.17, 15) is 0 Å². The Morgan fingerprint density at radius 1 is 1.21 bits per heavy atom. The maximum Gasteiger partial charge on any atom is 0.146 e. The average Bonchev–Trinajstić information content (AvgIpc) is 2.96. The topological polar surface area (TPSA) is 32.3 Å². The fourth-order valence-corrected chi connectivity index (χ4v) is 4.74. The van der Waals surface area contributed by atoms with Gasteiger partial charge in [0.25, 0.3) is 0 Å². The first-order valence-electron chi connectivity index (χ1n) is 7.27. The van der Waals surface area contributed by atoms with E-state index in [0.717, 1.165) is 34.7 Å². The maximum atomic E-state index is 4.45. The van der Waals surface area contributed by atoms with Crippen LogP contribution < -0.4 is 4.90 Å². The van der Waals surface area contributed by atoms with Gasteiger partial charge in [0, 0.05) is 31.9 Å². The van der Waals surface area contributed by atoms with Crippen molar-refractivity contribution in [3.63, 3.8) is 0 Å². The van der Waals surface area contributed by atoms with Crippen molar-refractivity contribution in [2.45, 2.75) is 25.3 Å². The van der Waals surface area contributed by atoms with Crippen LogP contribution in [0.2, 0.25) is 0 Å². The lowest BCUT2D eigenvalue weighted by Crippen LogP contribution is -2.40. The predicted molar refractivity (Wildman–Crippen MR) is 78.1 cm³/mol. The quantitative estimate of drug-likeness (QED) is 0.793. The van der Waals surface area contributed by atoms with Crippen LogP contribution in [0.3, 0.4) is 0 Å². The predicted octanol–water partition coefficient (Wildman–Crippen LogP) is 2.16. The zero-order valence-electron chi connectivity index (χ0n) is 11.0. The Morgan fingerprint density at radius 2 is 2.16 bits per heavy atom. The maximum absolute atomic E-state index is 4.45. The van der Waals surface area contributed by atoms with E-state index in [1.54, 1.807) is 6.33 Å². The summed E-state index contributed by atoms with van der Waals surface area (Å²) >= 11 is 3.58. The molecule has 4 heterocycles. The first-order chi connectivity index (χ1) is 9.33. The number of piperidine rings is 1. The molecule has 3 atom stereocenters. The highest BCUT2D eigenvalue weighted by Gasteiger charge is 2.47. The summed E-state index contributed by atoms with van der Waals surface area (Å²) in [5, 5.41) is 0. The van der Waals surface area contributed by atoms with Crippen LogP contribution in [0, 0.1) is 11.8 Å². The van der Waals surface area contributed by atoms with Gasteiger partial charge in [-0.25, -0.2) is 9.97 Å². The molecule has 0 amide bonds. The number of nitrogens with zero attached hydrogens (tertiary/aromatic N) is 4. The highest BCUT2D eigenvalue weighted by Crippen LogP contribution is 2.42. The van der Waals surface area contributed by atoms with Gasteiger partial charge in [-0.3, -0.25) is 4.90 Å². The Bertz CT molecular complexity index is 480. The van der Waals surface area contributed by atoms with Gasteiger partial charge in [0.15, 0.2) is 0 Å². The molecule has 0 N–H and O–H groups in total. The summed E-state index contributed by atoms with van der Waals surface area (Å²) in [6.07, 6.45) is 7.73. The summed E-state index contributed by atoms with van der Waals surface area (Å²) in [4.78, 5) is 13.7. The fraction of sp³-hybridized carbons (Fsp3) is 0.714. The molecule has 0 aromatic carbocycles. The van der Waals surface area contributed by atoms with Crippen molar-refractivity contribution in [2.75, 3.05) is 31.1 Å². The monoisotopic (exact) mass is 322 g/mol. The summed E-state index contributed by atoms with van der Waals surface area (Å²) in [6, 6.07) is 0.837. The molecular weight excluding hydrogens is 304 g/mol. The molecule has 0 radical (unpaired) electrons. The smallest absolute Gasteiger partial charge is 0.146 e. The molecule has 0 aliphatic carbocycles. The molecule has 1 aromatic heterocycles. The third kappa shape index (κ3) is 1.98. The normalized spacial score (nSPS) is 34.4. The average molecular weight is 323 g/mol. The molecule has 0 bridgehead atoms. The van der Waals surface area contributed by atoms with Crippen molar-refractivity contribution in [3.05, 3.63) is 17.0 Å². The molecule has 0 saturated carbocycles. The number of anilines is 1. The Labute approximate surface area is 122 Å². The van der Waals surface area contributed by atoms with Gasteiger partial charge >= 0.3 is 0 Å². The van der Waals surface area contributed by atoms with Crippen LogP contribution >= 0.6 is 15.9 Å². The van der Waals surface area contributed by atoms with Crippen molar-refractivity contribution < 1.29 is 0 Å². The first kappa shape index (κ1) is 12.1. The van der Waals surface area contributed by atoms with E-state index >= 15 is 0 Å². The summed E-state index contributed by atoms with van der Waals surface area (Å²) in [5.74, 6) is 2.76. The number of aromatic nitrogens is 2. The summed E-state index contributed by atoms with van der Waals surface area (Å²) in [6.45, 7) is 4.96. The minimum atomic E-state index is 0.837. The zero-order valence-corrected chi connectivity index (χ0v) is 12.6. The van der Waals surface area contributed by atoms with Gasteiger partial charge in [0.1, 0.15) is 12.1 Å². The lowest BCUT2D eigenvalue weighted by atomic mass is 9.90. The van der Waals surface area contributed by atoms with Gasteiger partial charge in [-0.2, -0.15) is 0 Å². The van der Waals surface area contributed by atoms with E-state index in [2.05, 4.69) is 35.7 Å². The molecule has 4 nitrogen and oxygen atoms in total. The van der Waals surface area contributed by atoms with E-state index in [4.69, 9.17) is 0 Å². The van der Waals surface area contributed by atoms with Gasteiger partial charge in [-0.1, -0.05) is 6.42 Å². The number of hydrogen-bond acceptors (Lipinski definition) is 4. The number of fused-ring (bicyclic) bond motifs is 3. The molecule has 3 aliphatic rings. The van der Waals surface area contributed by atoms with E-state index in [1.807, 2.05) is 6.20 Å². The second-order valence-electron chi connectivity index (χ2n) is 6.08. The van der Waals surface area contributed by atoms with Gasteiger partial charge in [-0.15, -0.1) is 0 Å². The molecule has 0 unspecified atom stereocenters. The Kier molecular flexibility index (Phi) is 2.99. The SMILES string of the molecule is Brc1cncnc1N1C[C@@H]2CN3CCCC[C@H]3[C@H]2C1. The van der Waals surface area contributed by atoms with Crippen LogP contribution in [-0.4, -0.2) is 47.1 Å². The van der Waals surface area contributed by atoms with E-state index in [-0.39, 0.29) is 0 Å². The number of hydrogen-bond donors (Lipinski definition) is 0. The van der Waals surface area contributed by atoms with Crippen LogP contribution in [0.1, 0.15) is 19.3 Å². The lowest BCUT2D eigenvalue weighted by Gasteiger charge is -2.33. The van der Waals surface area contributed by atoms with Crippen LogP contribution in [0.15, 0.2) is 17.0 Å². The van der Waals surface area contributed by atoms with Gasteiger partial charge < -0.3 is 4.90 Å². The molecule has 102 valence electrons. The third-order valence-electron chi connectivity index (χ3n) is 5.07. The summed E-state index contributed by atoms with van der Waals surface area (Å²) < 4.78 is 1.02. The van der Waals surface area contributed by atoms with Gasteiger partial charge in [0.05, 0.1) is 4.47 Å². The Balaban J connectivity index is 1.54. The number of halogens is 1. The molecule has 0 spiro atoms. The minimum absolute atomic E-state index is 0.837. The Hall–Kier alpha value is -0.680. The highest BCUT2D eigenvalue weighted by atomic mass is 79.9. The molecule has 3 aliphatic heterocycles. The van der Waals surface area contributed by atoms with Crippen LogP contribution in [0.4, 0.5) is 5.82 Å². The third-order valence-corrected chi connectivity index (χ3v) is 5.63. The molecule has 3 fully saturated rings. The van der Waals surface area contributed by atoms with Crippen molar-refractivity contribution >= 4 is 21.7 Å². The van der Waals surface area contributed by atoms with E-state index in [1.165, 1.54) is 38.9 Å².